The molecule has 0 spiro atoms. The summed E-state index contributed by atoms with van der Waals surface area (Å²) in [7, 11) is 1.40. The molecule has 1 aliphatic carbocycles. The largest absolute Gasteiger partial charge is 0.491 e. The van der Waals surface area contributed by atoms with Crippen LogP contribution in [0.3, 0.4) is 0 Å². The molecule has 0 aromatic carbocycles. The minimum absolute atomic E-state index is 0.0421. The lowest BCUT2D eigenvalue weighted by Gasteiger charge is -2.45. The van der Waals surface area contributed by atoms with E-state index in [-0.39, 0.29) is 28.9 Å². The van der Waals surface area contributed by atoms with Crippen molar-refractivity contribution in [2.24, 2.45) is 0 Å². The van der Waals surface area contributed by atoms with Gasteiger partial charge in [0.05, 0.1) is 19.3 Å². The third-order valence-electron chi connectivity index (χ3n) is 5.43. The van der Waals surface area contributed by atoms with Gasteiger partial charge in [-0.3, -0.25) is 14.6 Å². The molecule has 0 bridgehead atoms. The van der Waals surface area contributed by atoms with Crippen molar-refractivity contribution in [1.29, 1.82) is 0 Å². The molecule has 7 nitrogen and oxygen atoms in total. The van der Waals surface area contributed by atoms with Crippen LogP contribution in [0.2, 0.25) is 0 Å². The number of carbonyl (C=O) groups is 1. The Balaban J connectivity index is 2.01. The number of allylic oxidation sites excluding steroid dienone is 2. The van der Waals surface area contributed by atoms with Crippen molar-refractivity contribution < 1.29 is 14.6 Å². The molecule has 2 unspecified atom stereocenters. The lowest BCUT2D eigenvalue weighted by molar-refractivity contribution is 0.0628. The van der Waals surface area contributed by atoms with Crippen molar-refractivity contribution in [2.75, 3.05) is 25.2 Å². The van der Waals surface area contributed by atoms with Gasteiger partial charge in [-0.1, -0.05) is 18.2 Å². The van der Waals surface area contributed by atoms with E-state index < -0.39 is 6.10 Å². The van der Waals surface area contributed by atoms with Crippen LogP contribution in [-0.4, -0.2) is 47.0 Å². The van der Waals surface area contributed by atoms with Crippen molar-refractivity contribution in [3.8, 4) is 5.75 Å². The second-order valence-corrected chi connectivity index (χ2v) is 6.82. The van der Waals surface area contributed by atoms with Crippen LogP contribution in [-0.2, 0) is 0 Å². The number of methoxy groups -OCH3 is 1. The zero-order chi connectivity index (χ0) is 18.6. The molecule has 0 saturated carbocycles. The van der Waals surface area contributed by atoms with Gasteiger partial charge in [0.2, 0.25) is 5.43 Å². The number of aliphatic hydroxyl groups excluding tert-OH is 1. The maximum Gasteiger partial charge on any atom is 0.278 e. The number of pyridine rings is 1. The molecular weight excluding hydrogens is 334 g/mol. The van der Waals surface area contributed by atoms with Crippen molar-refractivity contribution in [1.82, 2.24) is 9.58 Å². The van der Waals surface area contributed by atoms with Crippen LogP contribution in [0.1, 0.15) is 47.6 Å². The SMILES string of the molecule is CCN1C(=O)c2c(OC)c(=O)c(C)c3n2N(CC3O)C1C1=CCCC=C1. The summed E-state index contributed by atoms with van der Waals surface area (Å²) in [4.78, 5) is 27.7. The molecule has 2 atom stereocenters. The van der Waals surface area contributed by atoms with E-state index >= 15 is 0 Å². The van der Waals surface area contributed by atoms with Gasteiger partial charge in [-0.2, -0.15) is 0 Å². The first-order valence-corrected chi connectivity index (χ1v) is 8.97. The Kier molecular flexibility index (Phi) is 3.91. The molecule has 1 N–H and O–H groups in total. The first kappa shape index (κ1) is 16.9. The Bertz CT molecular complexity index is 899. The highest BCUT2D eigenvalue weighted by atomic mass is 16.5. The van der Waals surface area contributed by atoms with Gasteiger partial charge in [-0.15, -0.1) is 0 Å². The zero-order valence-corrected chi connectivity index (χ0v) is 15.2. The monoisotopic (exact) mass is 357 g/mol. The van der Waals surface area contributed by atoms with Gasteiger partial charge in [0, 0.05) is 12.1 Å². The summed E-state index contributed by atoms with van der Waals surface area (Å²) >= 11 is 0. The first-order chi connectivity index (χ1) is 12.5. The van der Waals surface area contributed by atoms with E-state index in [0.29, 0.717) is 24.3 Å². The highest BCUT2D eigenvalue weighted by molar-refractivity contribution is 5.97. The molecule has 26 heavy (non-hydrogen) atoms. The number of ether oxygens (including phenoxy) is 1. The van der Waals surface area contributed by atoms with E-state index in [0.717, 1.165) is 18.4 Å². The normalized spacial score (nSPS) is 24.0. The molecule has 0 fully saturated rings. The van der Waals surface area contributed by atoms with E-state index in [1.807, 2.05) is 18.0 Å². The third-order valence-corrected chi connectivity index (χ3v) is 5.43. The fourth-order valence-electron chi connectivity index (χ4n) is 4.26. The molecule has 7 heteroatoms. The fraction of sp³-hybridized carbons (Fsp3) is 0.474. The van der Waals surface area contributed by atoms with Crippen LogP contribution in [0.5, 0.6) is 5.75 Å². The standard InChI is InChI=1S/C19H23N3O4/c1-4-20-18(12-8-6-5-7-9-12)21-10-13(23)14-11(2)16(24)17(26-3)15(19(20)25)22(14)21/h6,8-9,13,18,23H,4-5,7,10H2,1-3H3. The van der Waals surface area contributed by atoms with Crippen LogP contribution in [0, 0.1) is 6.92 Å². The fourth-order valence-corrected chi connectivity index (χ4v) is 4.26. The summed E-state index contributed by atoms with van der Waals surface area (Å²) in [5.74, 6) is -0.210. The predicted molar refractivity (Wildman–Crippen MR) is 97.0 cm³/mol. The number of nitrogens with zero attached hydrogens (tertiary/aromatic N) is 3. The summed E-state index contributed by atoms with van der Waals surface area (Å²) in [6.07, 6.45) is 7.08. The van der Waals surface area contributed by atoms with E-state index in [1.165, 1.54) is 7.11 Å². The number of rotatable bonds is 3. The third kappa shape index (κ3) is 2.10. The number of amides is 1. The molecule has 0 saturated heterocycles. The van der Waals surface area contributed by atoms with E-state index in [1.54, 1.807) is 16.5 Å². The van der Waals surface area contributed by atoms with Crippen LogP contribution < -0.4 is 15.2 Å². The van der Waals surface area contributed by atoms with E-state index in [2.05, 4.69) is 12.2 Å². The van der Waals surface area contributed by atoms with Crippen molar-refractivity contribution in [2.45, 2.75) is 39.0 Å². The van der Waals surface area contributed by atoms with Gasteiger partial charge < -0.3 is 14.7 Å². The minimum Gasteiger partial charge on any atom is -0.491 e. The topological polar surface area (TPSA) is 75.0 Å². The Morgan fingerprint density at radius 1 is 1.31 bits per heavy atom. The molecule has 1 aromatic rings. The maximum atomic E-state index is 13.3. The summed E-state index contributed by atoms with van der Waals surface area (Å²) in [5, 5.41) is 12.6. The smallest absolute Gasteiger partial charge is 0.278 e. The molecule has 3 aliphatic rings. The highest BCUT2D eigenvalue weighted by Gasteiger charge is 2.47. The number of aromatic nitrogens is 1. The Hall–Kier alpha value is -2.54. The van der Waals surface area contributed by atoms with E-state index in [9.17, 15) is 14.7 Å². The Morgan fingerprint density at radius 3 is 2.69 bits per heavy atom. The molecule has 4 rings (SSSR count). The molecule has 1 amide bonds. The van der Waals surface area contributed by atoms with Gasteiger partial charge >= 0.3 is 0 Å². The number of aliphatic hydroxyl groups is 1. The number of hydrogen-bond acceptors (Lipinski definition) is 5. The van der Waals surface area contributed by atoms with Crippen LogP contribution >= 0.6 is 0 Å². The van der Waals surface area contributed by atoms with Gasteiger partial charge in [-0.05, 0) is 32.3 Å². The van der Waals surface area contributed by atoms with Gasteiger partial charge in [-0.25, -0.2) is 4.68 Å². The summed E-state index contributed by atoms with van der Waals surface area (Å²) in [6.45, 7) is 4.40. The van der Waals surface area contributed by atoms with Crippen LogP contribution in [0.15, 0.2) is 28.6 Å². The maximum absolute atomic E-state index is 13.3. The van der Waals surface area contributed by atoms with Crippen LogP contribution in [0.25, 0.3) is 0 Å². The molecule has 0 radical (unpaired) electrons. The van der Waals surface area contributed by atoms with Gasteiger partial charge in [0.1, 0.15) is 12.3 Å². The summed E-state index contributed by atoms with van der Waals surface area (Å²) in [5.41, 5.74) is 1.81. The number of carbonyl (C=O) groups excluding carboxylic acids is 1. The lowest BCUT2D eigenvalue weighted by Crippen LogP contribution is -2.60. The van der Waals surface area contributed by atoms with Crippen molar-refractivity contribution in [3.05, 3.63) is 51.0 Å². The van der Waals surface area contributed by atoms with Gasteiger partial charge in [0.15, 0.2) is 11.4 Å². The number of likely N-dealkylation sites (N-methyl/N-ethyl adjacent to an activating group) is 1. The summed E-state index contributed by atoms with van der Waals surface area (Å²) < 4.78 is 7.03. The van der Waals surface area contributed by atoms with Crippen molar-refractivity contribution >= 4 is 5.91 Å². The lowest BCUT2D eigenvalue weighted by atomic mass is 10.0. The Labute approximate surface area is 151 Å². The second kappa shape index (κ2) is 6.02. The van der Waals surface area contributed by atoms with Crippen LogP contribution in [0.4, 0.5) is 0 Å². The molecule has 3 heterocycles. The highest BCUT2D eigenvalue weighted by Crippen LogP contribution is 2.37. The average molecular weight is 357 g/mol. The van der Waals surface area contributed by atoms with Crippen molar-refractivity contribution in [3.63, 3.8) is 0 Å². The van der Waals surface area contributed by atoms with E-state index in [4.69, 9.17) is 4.74 Å². The molecular formula is C19H23N3O4. The molecule has 2 aliphatic heterocycles. The quantitative estimate of drug-likeness (QED) is 0.881. The molecule has 1 aromatic heterocycles. The number of hydrogen-bond donors (Lipinski definition) is 1. The average Bonchev–Trinajstić information content (AvgIpc) is 2.99. The molecule has 138 valence electrons. The second-order valence-electron chi connectivity index (χ2n) is 6.82. The summed E-state index contributed by atoms with van der Waals surface area (Å²) in [6, 6.07) is 0. The van der Waals surface area contributed by atoms with Gasteiger partial charge in [0.25, 0.3) is 5.91 Å². The minimum atomic E-state index is -0.826. The Morgan fingerprint density at radius 2 is 2.08 bits per heavy atom. The first-order valence-electron chi connectivity index (χ1n) is 8.97. The zero-order valence-electron chi connectivity index (χ0n) is 15.2. The predicted octanol–water partition coefficient (Wildman–Crippen LogP) is 1.23.